The van der Waals surface area contributed by atoms with Gasteiger partial charge in [-0.15, -0.1) is 0 Å². The fraction of sp³-hybridized carbons (Fsp3) is 0.923. The number of carbonyl (C=O) groups is 1. The minimum Gasteiger partial charge on any atom is -0.334 e. The molecule has 0 aromatic carbocycles. The number of nitrogens with zero attached hydrogens (tertiary/aromatic N) is 1. The van der Waals surface area contributed by atoms with E-state index in [9.17, 15) is 4.79 Å². The lowest BCUT2D eigenvalue weighted by Gasteiger charge is -2.29. The van der Waals surface area contributed by atoms with Gasteiger partial charge in [0.2, 0.25) is 0 Å². The lowest BCUT2D eigenvalue weighted by molar-refractivity contribution is 0.197. The molecule has 17 heavy (non-hydrogen) atoms. The molecule has 0 saturated carbocycles. The number of urea groups is 1. The van der Waals surface area contributed by atoms with Crippen LogP contribution in [-0.4, -0.2) is 43.2 Å². The van der Waals surface area contributed by atoms with E-state index in [2.05, 4.69) is 31.4 Å². The highest BCUT2D eigenvalue weighted by Crippen LogP contribution is 2.17. The van der Waals surface area contributed by atoms with Gasteiger partial charge in [0.15, 0.2) is 0 Å². The SMILES string of the molecule is CCCC(NC)C(CC)CN1CC(C)NC1=O. The zero-order valence-electron chi connectivity index (χ0n) is 11.6. The van der Waals surface area contributed by atoms with E-state index in [-0.39, 0.29) is 6.03 Å². The van der Waals surface area contributed by atoms with Crippen LogP contribution in [0.5, 0.6) is 0 Å². The second-order valence-corrected chi connectivity index (χ2v) is 5.11. The van der Waals surface area contributed by atoms with E-state index in [0.29, 0.717) is 18.0 Å². The van der Waals surface area contributed by atoms with Crippen molar-refractivity contribution < 1.29 is 4.79 Å². The Hall–Kier alpha value is -0.770. The van der Waals surface area contributed by atoms with Gasteiger partial charge in [0.05, 0.1) is 0 Å². The van der Waals surface area contributed by atoms with Gasteiger partial charge < -0.3 is 15.5 Å². The van der Waals surface area contributed by atoms with Crippen LogP contribution in [0, 0.1) is 5.92 Å². The quantitative estimate of drug-likeness (QED) is 0.714. The Labute approximate surface area is 105 Å². The standard InChI is InChI=1S/C13H27N3O/c1-5-7-12(14-4)11(6-2)9-16-8-10(3)15-13(16)17/h10-12,14H,5-9H2,1-4H3,(H,15,17). The number of nitrogens with one attached hydrogen (secondary N) is 2. The molecule has 1 aliphatic rings. The highest BCUT2D eigenvalue weighted by Gasteiger charge is 2.29. The van der Waals surface area contributed by atoms with Gasteiger partial charge in [-0.3, -0.25) is 0 Å². The Morgan fingerprint density at radius 1 is 1.53 bits per heavy atom. The van der Waals surface area contributed by atoms with Crippen molar-refractivity contribution in [2.75, 3.05) is 20.1 Å². The van der Waals surface area contributed by atoms with Crippen LogP contribution >= 0.6 is 0 Å². The van der Waals surface area contributed by atoms with E-state index in [0.717, 1.165) is 19.5 Å². The Kier molecular flexibility index (Phi) is 5.75. The molecule has 3 atom stereocenters. The van der Waals surface area contributed by atoms with Crippen LogP contribution in [0.15, 0.2) is 0 Å². The first-order valence-corrected chi connectivity index (χ1v) is 6.85. The molecule has 0 aromatic heterocycles. The number of amides is 2. The Morgan fingerprint density at radius 3 is 2.65 bits per heavy atom. The third kappa shape index (κ3) is 3.87. The molecule has 1 rings (SSSR count). The molecular weight excluding hydrogens is 214 g/mol. The molecule has 1 fully saturated rings. The molecule has 0 aliphatic carbocycles. The van der Waals surface area contributed by atoms with E-state index >= 15 is 0 Å². The van der Waals surface area contributed by atoms with Crippen LogP contribution in [-0.2, 0) is 0 Å². The van der Waals surface area contributed by atoms with Crippen LogP contribution in [0.25, 0.3) is 0 Å². The fourth-order valence-electron chi connectivity index (χ4n) is 2.67. The summed E-state index contributed by atoms with van der Waals surface area (Å²) < 4.78 is 0. The maximum absolute atomic E-state index is 11.7. The van der Waals surface area contributed by atoms with Crippen molar-refractivity contribution in [2.24, 2.45) is 5.92 Å². The van der Waals surface area contributed by atoms with Crippen molar-refractivity contribution in [1.29, 1.82) is 0 Å². The molecule has 2 amide bonds. The number of rotatable bonds is 7. The summed E-state index contributed by atoms with van der Waals surface area (Å²) in [7, 11) is 2.02. The first-order chi connectivity index (χ1) is 8.12. The number of hydrogen-bond donors (Lipinski definition) is 2. The zero-order valence-corrected chi connectivity index (χ0v) is 11.6. The predicted molar refractivity (Wildman–Crippen MR) is 71.1 cm³/mol. The normalized spacial score (nSPS) is 23.6. The third-order valence-electron chi connectivity index (χ3n) is 3.67. The lowest BCUT2D eigenvalue weighted by atomic mass is 9.93. The summed E-state index contributed by atoms with van der Waals surface area (Å²) in [6.07, 6.45) is 3.48. The molecule has 0 spiro atoms. The largest absolute Gasteiger partial charge is 0.334 e. The van der Waals surface area contributed by atoms with Gasteiger partial charge in [0.1, 0.15) is 0 Å². The first kappa shape index (κ1) is 14.3. The van der Waals surface area contributed by atoms with Crippen molar-refractivity contribution in [2.45, 2.75) is 52.1 Å². The topological polar surface area (TPSA) is 44.4 Å². The minimum atomic E-state index is 0.0994. The monoisotopic (exact) mass is 241 g/mol. The van der Waals surface area contributed by atoms with Gasteiger partial charge in [0, 0.05) is 25.2 Å². The van der Waals surface area contributed by atoms with Gasteiger partial charge in [-0.05, 0) is 26.3 Å². The summed E-state index contributed by atoms with van der Waals surface area (Å²) >= 11 is 0. The first-order valence-electron chi connectivity index (χ1n) is 6.85. The zero-order chi connectivity index (χ0) is 12.8. The van der Waals surface area contributed by atoms with Crippen LogP contribution < -0.4 is 10.6 Å². The fourth-order valence-corrected chi connectivity index (χ4v) is 2.67. The summed E-state index contributed by atoms with van der Waals surface area (Å²) in [6.45, 7) is 8.19. The van der Waals surface area contributed by atoms with Crippen molar-refractivity contribution >= 4 is 6.03 Å². The molecule has 4 nitrogen and oxygen atoms in total. The lowest BCUT2D eigenvalue weighted by Crippen LogP contribution is -2.42. The average Bonchev–Trinajstić information content (AvgIpc) is 2.62. The minimum absolute atomic E-state index is 0.0994. The van der Waals surface area contributed by atoms with Crippen LogP contribution in [0.2, 0.25) is 0 Å². The van der Waals surface area contributed by atoms with E-state index in [1.54, 1.807) is 0 Å². The van der Waals surface area contributed by atoms with Gasteiger partial charge in [-0.25, -0.2) is 4.79 Å². The summed E-state index contributed by atoms with van der Waals surface area (Å²) in [5.41, 5.74) is 0. The molecule has 0 radical (unpaired) electrons. The molecule has 0 bridgehead atoms. The predicted octanol–water partition coefficient (Wildman–Crippen LogP) is 1.81. The summed E-state index contributed by atoms with van der Waals surface area (Å²) in [5.74, 6) is 0.552. The molecule has 1 heterocycles. The maximum Gasteiger partial charge on any atom is 0.317 e. The molecule has 1 saturated heterocycles. The molecule has 2 N–H and O–H groups in total. The van der Waals surface area contributed by atoms with E-state index in [1.165, 1.54) is 12.8 Å². The summed E-state index contributed by atoms with van der Waals surface area (Å²) in [4.78, 5) is 13.7. The molecule has 100 valence electrons. The Morgan fingerprint density at radius 2 is 2.24 bits per heavy atom. The van der Waals surface area contributed by atoms with Crippen molar-refractivity contribution in [3.05, 3.63) is 0 Å². The maximum atomic E-state index is 11.7. The number of hydrogen-bond acceptors (Lipinski definition) is 2. The Balaban J connectivity index is 2.53. The molecule has 1 aliphatic heterocycles. The molecule has 0 aromatic rings. The van der Waals surface area contributed by atoms with Crippen LogP contribution in [0.3, 0.4) is 0 Å². The van der Waals surface area contributed by atoms with Gasteiger partial charge in [-0.1, -0.05) is 26.7 Å². The highest BCUT2D eigenvalue weighted by atomic mass is 16.2. The third-order valence-corrected chi connectivity index (χ3v) is 3.67. The van der Waals surface area contributed by atoms with Gasteiger partial charge >= 0.3 is 6.03 Å². The van der Waals surface area contributed by atoms with Crippen molar-refractivity contribution in [3.63, 3.8) is 0 Å². The van der Waals surface area contributed by atoms with Crippen LogP contribution in [0.4, 0.5) is 4.79 Å². The summed E-state index contributed by atoms with van der Waals surface area (Å²) in [6, 6.07) is 0.912. The Bertz CT molecular complexity index is 245. The highest BCUT2D eigenvalue weighted by molar-refractivity contribution is 5.76. The smallest absolute Gasteiger partial charge is 0.317 e. The van der Waals surface area contributed by atoms with Crippen molar-refractivity contribution in [3.8, 4) is 0 Å². The second-order valence-electron chi connectivity index (χ2n) is 5.11. The average molecular weight is 241 g/mol. The van der Waals surface area contributed by atoms with Crippen molar-refractivity contribution in [1.82, 2.24) is 15.5 Å². The van der Waals surface area contributed by atoms with E-state index in [4.69, 9.17) is 0 Å². The summed E-state index contributed by atoms with van der Waals surface area (Å²) in [5, 5.41) is 6.35. The molecule has 3 unspecified atom stereocenters. The van der Waals surface area contributed by atoms with Gasteiger partial charge in [0.25, 0.3) is 0 Å². The van der Waals surface area contributed by atoms with E-state index < -0.39 is 0 Å². The number of carbonyl (C=O) groups excluding carboxylic acids is 1. The second kappa shape index (κ2) is 6.84. The molecule has 4 heteroatoms. The van der Waals surface area contributed by atoms with E-state index in [1.807, 2.05) is 11.9 Å². The van der Waals surface area contributed by atoms with Crippen LogP contribution in [0.1, 0.15) is 40.0 Å². The van der Waals surface area contributed by atoms with Gasteiger partial charge in [-0.2, -0.15) is 0 Å². The molecular formula is C13H27N3O.